The molecular formula is C20H15BrN4O2. The maximum atomic E-state index is 11.6. The number of aryl methyl sites for hydroxylation is 2. The summed E-state index contributed by atoms with van der Waals surface area (Å²) in [6.45, 7) is 8.35. The van der Waals surface area contributed by atoms with E-state index in [0.29, 0.717) is 29.3 Å². The molecule has 0 amide bonds. The number of aromatic nitrogens is 2. The summed E-state index contributed by atoms with van der Waals surface area (Å²) in [5.74, 6) is 0.301. The standard InChI is InChI=1S/C20H15BrN4O2/c1-22-18-17(12-3-5-13(6-4-12)20(26)27-2)24-25-10-9-14-11-15(21)7-8-16(14)23-19(18)25/h3-8,11,23H,9-10H2,2H3. The number of rotatable bonds is 2. The van der Waals surface area contributed by atoms with E-state index in [9.17, 15) is 4.79 Å². The average molecular weight is 423 g/mol. The van der Waals surface area contributed by atoms with Gasteiger partial charge in [-0.15, -0.1) is 0 Å². The van der Waals surface area contributed by atoms with Crippen LogP contribution in [0.4, 0.5) is 17.2 Å². The quantitative estimate of drug-likeness (QED) is 0.468. The molecule has 0 fully saturated rings. The summed E-state index contributed by atoms with van der Waals surface area (Å²) in [6, 6.07) is 13.0. The summed E-state index contributed by atoms with van der Waals surface area (Å²) in [6.07, 6.45) is 0.814. The number of nitrogens with zero attached hydrogens (tertiary/aromatic N) is 3. The Bertz CT molecular complexity index is 1080. The molecule has 3 aromatic rings. The summed E-state index contributed by atoms with van der Waals surface area (Å²) < 4.78 is 7.59. The summed E-state index contributed by atoms with van der Waals surface area (Å²) >= 11 is 3.50. The lowest BCUT2D eigenvalue weighted by atomic mass is 10.1. The third kappa shape index (κ3) is 3.09. The van der Waals surface area contributed by atoms with E-state index in [1.165, 1.54) is 12.7 Å². The van der Waals surface area contributed by atoms with Crippen molar-refractivity contribution in [1.29, 1.82) is 0 Å². The van der Waals surface area contributed by atoms with E-state index in [1.54, 1.807) is 24.3 Å². The number of anilines is 2. The van der Waals surface area contributed by atoms with Crippen LogP contribution in [-0.4, -0.2) is 22.9 Å². The molecule has 1 aromatic heterocycles. The van der Waals surface area contributed by atoms with Crippen LogP contribution in [0.5, 0.6) is 0 Å². The predicted octanol–water partition coefficient (Wildman–Crippen LogP) is 4.95. The Morgan fingerprint density at radius 1 is 1.30 bits per heavy atom. The lowest BCUT2D eigenvalue weighted by Gasteiger charge is -2.08. The van der Waals surface area contributed by atoms with Crippen molar-refractivity contribution in [2.24, 2.45) is 0 Å². The zero-order valence-corrected chi connectivity index (χ0v) is 16.1. The second-order valence-electron chi connectivity index (χ2n) is 6.13. The number of benzene rings is 2. The molecule has 0 saturated heterocycles. The van der Waals surface area contributed by atoms with Gasteiger partial charge in [0.2, 0.25) is 0 Å². The SMILES string of the molecule is [C-]#[N+]c1c(-c2ccc(C(=O)OC)cc2)nn2c1Nc1ccc(Br)cc1CC2. The Balaban J connectivity index is 1.76. The number of esters is 1. The van der Waals surface area contributed by atoms with Crippen molar-refractivity contribution in [3.63, 3.8) is 0 Å². The van der Waals surface area contributed by atoms with Gasteiger partial charge in [0.1, 0.15) is 11.5 Å². The van der Waals surface area contributed by atoms with E-state index in [4.69, 9.17) is 11.3 Å². The van der Waals surface area contributed by atoms with Crippen molar-refractivity contribution in [2.45, 2.75) is 13.0 Å². The Hall–Kier alpha value is -3.11. The minimum atomic E-state index is -0.392. The van der Waals surface area contributed by atoms with Crippen molar-refractivity contribution < 1.29 is 9.53 Å². The van der Waals surface area contributed by atoms with Crippen molar-refractivity contribution in [3.05, 3.63) is 69.5 Å². The largest absolute Gasteiger partial charge is 0.465 e. The van der Waals surface area contributed by atoms with Crippen molar-refractivity contribution in [2.75, 3.05) is 12.4 Å². The zero-order valence-electron chi connectivity index (χ0n) is 14.5. The Labute approximate surface area is 164 Å². The van der Waals surface area contributed by atoms with Crippen LogP contribution in [0.25, 0.3) is 16.1 Å². The first-order valence-electron chi connectivity index (χ1n) is 8.33. The lowest BCUT2D eigenvalue weighted by Crippen LogP contribution is -2.02. The molecule has 2 heterocycles. The highest BCUT2D eigenvalue weighted by atomic mass is 79.9. The molecule has 1 aliphatic heterocycles. The molecule has 2 aromatic carbocycles. The Kier molecular flexibility index (Phi) is 4.42. The molecule has 7 heteroatoms. The highest BCUT2D eigenvalue weighted by Crippen LogP contribution is 2.40. The van der Waals surface area contributed by atoms with E-state index in [1.807, 2.05) is 16.8 Å². The number of ether oxygens (including phenoxy) is 1. The molecule has 0 radical (unpaired) electrons. The van der Waals surface area contributed by atoms with Gasteiger partial charge in [0.15, 0.2) is 0 Å². The first kappa shape index (κ1) is 17.3. The second kappa shape index (κ2) is 6.89. The minimum absolute atomic E-state index is 0.392. The average Bonchev–Trinajstić information content (AvgIpc) is 2.95. The summed E-state index contributed by atoms with van der Waals surface area (Å²) in [4.78, 5) is 15.3. The molecular weight excluding hydrogens is 408 g/mol. The van der Waals surface area contributed by atoms with Crippen molar-refractivity contribution in [3.8, 4) is 11.3 Å². The number of carbonyl (C=O) groups excluding carboxylic acids is 1. The second-order valence-corrected chi connectivity index (χ2v) is 7.04. The van der Waals surface area contributed by atoms with Gasteiger partial charge < -0.3 is 10.1 Å². The van der Waals surface area contributed by atoms with Gasteiger partial charge in [-0.2, -0.15) is 5.10 Å². The number of hydrogen-bond donors (Lipinski definition) is 1. The fourth-order valence-electron chi connectivity index (χ4n) is 3.17. The van der Waals surface area contributed by atoms with Crippen LogP contribution in [0.3, 0.4) is 0 Å². The molecule has 6 nitrogen and oxygen atoms in total. The summed E-state index contributed by atoms with van der Waals surface area (Å²) in [7, 11) is 1.35. The van der Waals surface area contributed by atoms with Gasteiger partial charge in [0.05, 0.1) is 19.2 Å². The maximum Gasteiger partial charge on any atom is 0.337 e. The molecule has 27 heavy (non-hydrogen) atoms. The monoisotopic (exact) mass is 422 g/mol. The van der Waals surface area contributed by atoms with Gasteiger partial charge in [0.25, 0.3) is 5.69 Å². The third-order valence-electron chi connectivity index (χ3n) is 4.53. The van der Waals surface area contributed by atoms with Crippen LogP contribution >= 0.6 is 15.9 Å². The topological polar surface area (TPSA) is 60.5 Å². The molecule has 0 aliphatic carbocycles. The Morgan fingerprint density at radius 2 is 2.07 bits per heavy atom. The molecule has 134 valence electrons. The molecule has 0 bridgehead atoms. The van der Waals surface area contributed by atoms with Gasteiger partial charge in [-0.05, 0) is 47.9 Å². The fraction of sp³-hybridized carbons (Fsp3) is 0.150. The van der Waals surface area contributed by atoms with E-state index in [-0.39, 0.29) is 0 Å². The summed E-state index contributed by atoms with van der Waals surface area (Å²) in [5.41, 5.74) is 4.47. The van der Waals surface area contributed by atoms with Gasteiger partial charge in [-0.25, -0.2) is 9.64 Å². The van der Waals surface area contributed by atoms with Gasteiger partial charge in [-0.1, -0.05) is 28.1 Å². The highest BCUT2D eigenvalue weighted by molar-refractivity contribution is 9.10. The van der Waals surface area contributed by atoms with E-state index < -0.39 is 5.97 Å². The van der Waals surface area contributed by atoms with Gasteiger partial charge in [0, 0.05) is 16.7 Å². The smallest absolute Gasteiger partial charge is 0.337 e. The van der Waals surface area contributed by atoms with E-state index >= 15 is 0 Å². The van der Waals surface area contributed by atoms with Crippen LogP contribution in [0.15, 0.2) is 46.9 Å². The normalized spacial score (nSPS) is 12.2. The van der Waals surface area contributed by atoms with E-state index in [2.05, 4.69) is 37.3 Å². The van der Waals surface area contributed by atoms with Crippen LogP contribution in [0.2, 0.25) is 0 Å². The molecule has 0 spiro atoms. The van der Waals surface area contributed by atoms with Gasteiger partial charge >= 0.3 is 5.97 Å². The van der Waals surface area contributed by atoms with Crippen molar-refractivity contribution in [1.82, 2.24) is 9.78 Å². The van der Waals surface area contributed by atoms with E-state index in [0.717, 1.165) is 22.1 Å². The minimum Gasteiger partial charge on any atom is -0.465 e. The third-order valence-corrected chi connectivity index (χ3v) is 5.03. The summed E-state index contributed by atoms with van der Waals surface area (Å²) in [5, 5.41) is 8.03. The molecule has 0 saturated carbocycles. The highest BCUT2D eigenvalue weighted by Gasteiger charge is 2.23. The molecule has 1 aliphatic rings. The number of carbonyl (C=O) groups is 1. The van der Waals surface area contributed by atoms with Crippen LogP contribution in [0.1, 0.15) is 15.9 Å². The molecule has 4 rings (SSSR count). The van der Waals surface area contributed by atoms with Gasteiger partial charge in [-0.3, -0.25) is 4.68 Å². The molecule has 0 unspecified atom stereocenters. The van der Waals surface area contributed by atoms with Crippen LogP contribution in [0, 0.1) is 6.57 Å². The Morgan fingerprint density at radius 3 is 2.78 bits per heavy atom. The molecule has 0 atom stereocenters. The maximum absolute atomic E-state index is 11.6. The first-order valence-corrected chi connectivity index (χ1v) is 9.12. The first-order chi connectivity index (χ1) is 13.1. The number of nitrogens with one attached hydrogen (secondary N) is 1. The predicted molar refractivity (Wildman–Crippen MR) is 106 cm³/mol. The van der Waals surface area contributed by atoms with Crippen LogP contribution < -0.4 is 5.32 Å². The molecule has 1 N–H and O–H groups in total. The lowest BCUT2D eigenvalue weighted by molar-refractivity contribution is 0.0601. The van der Waals surface area contributed by atoms with Crippen molar-refractivity contribution >= 4 is 39.1 Å². The number of halogens is 1. The number of fused-ring (bicyclic) bond motifs is 2. The van der Waals surface area contributed by atoms with Crippen LogP contribution in [-0.2, 0) is 17.7 Å². The number of hydrogen-bond acceptors (Lipinski definition) is 4. The number of methoxy groups -OCH3 is 1. The zero-order chi connectivity index (χ0) is 19.0. The fourth-order valence-corrected chi connectivity index (χ4v) is 3.57.